The van der Waals surface area contributed by atoms with Crippen molar-refractivity contribution >= 4 is 35.1 Å². The molecule has 0 radical (unpaired) electrons. The number of halogens is 1. The highest BCUT2D eigenvalue weighted by Gasteiger charge is 2.49. The number of nitrogens with one attached hydrogen (secondary N) is 2. The Kier molecular flexibility index (Phi) is 4.79. The van der Waals surface area contributed by atoms with Crippen LogP contribution in [-0.2, 0) is 15.1 Å². The SMILES string of the molecule is C[C@]1(c2ccc3c(c2)OCCO3)NC(=O)N(CC(=O)Nc2ccccc2Cl)C1=O. The Balaban J connectivity index is 1.52. The number of amides is 4. The van der Waals surface area contributed by atoms with Crippen LogP contribution in [0.25, 0.3) is 0 Å². The van der Waals surface area contributed by atoms with Crippen molar-refractivity contribution in [2.75, 3.05) is 25.1 Å². The first-order valence-electron chi connectivity index (χ1n) is 8.97. The highest BCUT2D eigenvalue weighted by atomic mass is 35.5. The molecule has 0 aliphatic carbocycles. The Morgan fingerprint density at radius 2 is 1.90 bits per heavy atom. The predicted molar refractivity (Wildman–Crippen MR) is 105 cm³/mol. The molecule has 2 aromatic carbocycles. The number of imide groups is 1. The summed E-state index contributed by atoms with van der Waals surface area (Å²) in [6, 6.07) is 11.1. The number of rotatable bonds is 4. The Bertz CT molecular complexity index is 1010. The Morgan fingerprint density at radius 3 is 2.66 bits per heavy atom. The van der Waals surface area contributed by atoms with E-state index in [-0.39, 0.29) is 0 Å². The molecule has 2 N–H and O–H groups in total. The first-order valence-corrected chi connectivity index (χ1v) is 9.35. The Hall–Kier alpha value is -3.26. The van der Waals surface area contributed by atoms with Gasteiger partial charge < -0.3 is 20.1 Å². The van der Waals surface area contributed by atoms with Crippen molar-refractivity contribution in [1.82, 2.24) is 10.2 Å². The number of nitrogens with zero attached hydrogens (tertiary/aromatic N) is 1. The Morgan fingerprint density at radius 1 is 1.17 bits per heavy atom. The van der Waals surface area contributed by atoms with E-state index in [1.54, 1.807) is 49.4 Å². The zero-order valence-corrected chi connectivity index (χ0v) is 16.3. The molecule has 0 aromatic heterocycles. The zero-order chi connectivity index (χ0) is 20.6. The molecular formula is C20H18ClN3O5. The smallest absolute Gasteiger partial charge is 0.325 e. The average molecular weight is 416 g/mol. The van der Waals surface area contributed by atoms with Crippen molar-refractivity contribution < 1.29 is 23.9 Å². The van der Waals surface area contributed by atoms with Crippen LogP contribution < -0.4 is 20.1 Å². The third-order valence-corrected chi connectivity index (χ3v) is 5.17. The normalized spacial score (nSPS) is 20.4. The first kappa shape index (κ1) is 19.1. The fraction of sp³-hybridized carbons (Fsp3) is 0.250. The standard InChI is InChI=1S/C20H18ClN3O5/c1-20(12-6-7-15-16(10-12)29-9-8-28-15)18(26)24(19(27)23-20)11-17(25)22-14-5-3-2-4-13(14)21/h2-7,10H,8-9,11H2,1H3,(H,22,25)(H,23,27)/t20-/m1/s1. The number of carbonyl (C=O) groups excluding carboxylic acids is 3. The lowest BCUT2D eigenvalue weighted by molar-refractivity contribution is -0.133. The van der Waals surface area contributed by atoms with E-state index in [9.17, 15) is 14.4 Å². The maximum absolute atomic E-state index is 13.0. The fourth-order valence-corrected chi connectivity index (χ4v) is 3.47. The summed E-state index contributed by atoms with van der Waals surface area (Å²) in [5.74, 6) is 0.0183. The summed E-state index contributed by atoms with van der Waals surface area (Å²) in [6.07, 6.45) is 0. The molecule has 2 aromatic rings. The summed E-state index contributed by atoms with van der Waals surface area (Å²) in [7, 11) is 0. The van der Waals surface area contributed by atoms with Gasteiger partial charge in [0.2, 0.25) is 5.91 Å². The van der Waals surface area contributed by atoms with Crippen LogP contribution in [-0.4, -0.2) is 42.5 Å². The molecule has 2 heterocycles. The highest BCUT2D eigenvalue weighted by Crippen LogP contribution is 2.36. The zero-order valence-electron chi connectivity index (χ0n) is 15.5. The van der Waals surface area contributed by atoms with Crippen molar-refractivity contribution in [3.8, 4) is 11.5 Å². The summed E-state index contributed by atoms with van der Waals surface area (Å²) < 4.78 is 11.1. The van der Waals surface area contributed by atoms with Crippen LogP contribution in [0.4, 0.5) is 10.5 Å². The number of carbonyl (C=O) groups is 3. The third-order valence-electron chi connectivity index (χ3n) is 4.84. The van der Waals surface area contributed by atoms with E-state index in [0.29, 0.717) is 41.0 Å². The molecule has 4 amide bonds. The summed E-state index contributed by atoms with van der Waals surface area (Å²) >= 11 is 6.03. The second-order valence-electron chi connectivity index (χ2n) is 6.83. The lowest BCUT2D eigenvalue weighted by Crippen LogP contribution is -2.42. The van der Waals surface area contributed by atoms with Crippen LogP contribution in [0.3, 0.4) is 0 Å². The minimum Gasteiger partial charge on any atom is -0.486 e. The highest BCUT2D eigenvalue weighted by molar-refractivity contribution is 6.33. The molecule has 4 rings (SSSR count). The van der Waals surface area contributed by atoms with E-state index < -0.39 is 29.9 Å². The minimum atomic E-state index is -1.32. The van der Waals surface area contributed by atoms with E-state index in [1.807, 2.05) is 0 Å². The topological polar surface area (TPSA) is 97.0 Å². The molecule has 29 heavy (non-hydrogen) atoms. The summed E-state index contributed by atoms with van der Waals surface area (Å²) in [5.41, 5.74) is -0.382. The number of hydrogen-bond acceptors (Lipinski definition) is 5. The van der Waals surface area contributed by atoms with E-state index in [4.69, 9.17) is 21.1 Å². The van der Waals surface area contributed by atoms with Gasteiger partial charge >= 0.3 is 6.03 Å². The first-order chi connectivity index (χ1) is 13.9. The summed E-state index contributed by atoms with van der Waals surface area (Å²) in [6.45, 7) is 2.01. The molecule has 2 aliphatic heterocycles. The van der Waals surface area contributed by atoms with Crippen LogP contribution in [0.1, 0.15) is 12.5 Å². The molecule has 9 heteroatoms. The molecule has 8 nitrogen and oxygen atoms in total. The van der Waals surface area contributed by atoms with Gasteiger partial charge in [-0.15, -0.1) is 0 Å². The molecule has 0 spiro atoms. The van der Waals surface area contributed by atoms with E-state index in [0.717, 1.165) is 4.90 Å². The van der Waals surface area contributed by atoms with Gasteiger partial charge in [0.1, 0.15) is 25.3 Å². The number of benzene rings is 2. The van der Waals surface area contributed by atoms with Gasteiger partial charge in [0, 0.05) is 0 Å². The monoisotopic (exact) mass is 415 g/mol. The maximum atomic E-state index is 13.0. The van der Waals surface area contributed by atoms with Crippen LogP contribution in [0.2, 0.25) is 5.02 Å². The average Bonchev–Trinajstić information content (AvgIpc) is 2.93. The second-order valence-corrected chi connectivity index (χ2v) is 7.24. The molecule has 1 atom stereocenters. The number of anilines is 1. The molecule has 0 unspecified atom stereocenters. The number of hydrogen-bond donors (Lipinski definition) is 2. The third kappa shape index (κ3) is 3.47. The van der Waals surface area contributed by atoms with E-state index >= 15 is 0 Å². The van der Waals surface area contributed by atoms with Crippen molar-refractivity contribution in [3.05, 3.63) is 53.1 Å². The van der Waals surface area contributed by atoms with E-state index in [1.165, 1.54) is 0 Å². The predicted octanol–water partition coefficient (Wildman–Crippen LogP) is 2.52. The number of urea groups is 1. The van der Waals surface area contributed by atoms with Gasteiger partial charge in [0.15, 0.2) is 11.5 Å². The van der Waals surface area contributed by atoms with E-state index in [2.05, 4.69) is 10.6 Å². The lowest BCUT2D eigenvalue weighted by Gasteiger charge is -2.25. The number of fused-ring (bicyclic) bond motifs is 1. The van der Waals surface area contributed by atoms with Gasteiger partial charge in [0.25, 0.3) is 5.91 Å². The van der Waals surface area contributed by atoms with Gasteiger partial charge in [-0.1, -0.05) is 29.8 Å². The van der Waals surface area contributed by atoms with Crippen LogP contribution in [0.15, 0.2) is 42.5 Å². The molecular weight excluding hydrogens is 398 g/mol. The largest absolute Gasteiger partial charge is 0.486 e. The molecule has 1 fully saturated rings. The molecule has 0 bridgehead atoms. The van der Waals surface area contributed by atoms with Gasteiger partial charge in [-0.05, 0) is 36.8 Å². The van der Waals surface area contributed by atoms with Gasteiger partial charge in [-0.25, -0.2) is 4.79 Å². The van der Waals surface area contributed by atoms with Gasteiger partial charge in [-0.3, -0.25) is 14.5 Å². The van der Waals surface area contributed by atoms with Crippen LogP contribution in [0.5, 0.6) is 11.5 Å². The number of ether oxygens (including phenoxy) is 2. The second kappa shape index (κ2) is 7.29. The van der Waals surface area contributed by atoms with Crippen molar-refractivity contribution in [3.63, 3.8) is 0 Å². The van der Waals surface area contributed by atoms with Crippen molar-refractivity contribution in [2.24, 2.45) is 0 Å². The van der Waals surface area contributed by atoms with Crippen molar-refractivity contribution in [1.29, 1.82) is 0 Å². The quantitative estimate of drug-likeness (QED) is 0.748. The van der Waals surface area contributed by atoms with Gasteiger partial charge in [0.05, 0.1) is 10.7 Å². The number of para-hydroxylation sites is 1. The lowest BCUT2D eigenvalue weighted by atomic mass is 9.91. The van der Waals surface area contributed by atoms with Crippen LogP contribution >= 0.6 is 11.6 Å². The van der Waals surface area contributed by atoms with Crippen molar-refractivity contribution in [2.45, 2.75) is 12.5 Å². The maximum Gasteiger partial charge on any atom is 0.325 e. The fourth-order valence-electron chi connectivity index (χ4n) is 3.29. The van der Waals surface area contributed by atoms with Gasteiger partial charge in [-0.2, -0.15) is 0 Å². The summed E-state index contributed by atoms with van der Waals surface area (Å²) in [5, 5.41) is 5.63. The Labute approximate surface area is 171 Å². The molecule has 150 valence electrons. The minimum absolute atomic E-state index is 0.360. The summed E-state index contributed by atoms with van der Waals surface area (Å²) in [4.78, 5) is 38.7. The molecule has 1 saturated heterocycles. The molecule has 0 saturated carbocycles. The van der Waals surface area contributed by atoms with Crippen LogP contribution in [0, 0.1) is 0 Å². The molecule has 2 aliphatic rings.